The highest BCUT2D eigenvalue weighted by molar-refractivity contribution is 5.25. The average Bonchev–Trinajstić information content (AvgIpc) is 3.00. The first-order valence-corrected chi connectivity index (χ1v) is 7.70. The van der Waals surface area contributed by atoms with Crippen LogP contribution in [-0.2, 0) is 15.9 Å². The first kappa shape index (κ1) is 15.5. The van der Waals surface area contributed by atoms with E-state index in [4.69, 9.17) is 9.47 Å². The average molecular weight is 277 g/mol. The van der Waals surface area contributed by atoms with E-state index in [1.165, 1.54) is 11.1 Å². The number of benzene rings is 1. The summed E-state index contributed by atoms with van der Waals surface area (Å²) >= 11 is 0. The van der Waals surface area contributed by atoms with E-state index in [1.807, 2.05) is 7.05 Å². The number of likely N-dealkylation sites (N-methyl/N-ethyl adjacent to an activating group) is 1. The fraction of sp³-hybridized carbons (Fsp3) is 0.647. The largest absolute Gasteiger partial charge is 0.381 e. The lowest BCUT2D eigenvalue weighted by molar-refractivity contribution is 0.0160. The molecule has 0 bridgehead atoms. The molecular weight excluding hydrogens is 250 g/mol. The van der Waals surface area contributed by atoms with E-state index in [0.717, 1.165) is 32.7 Å². The molecule has 0 amide bonds. The Kier molecular flexibility index (Phi) is 6.02. The van der Waals surface area contributed by atoms with Crippen LogP contribution >= 0.6 is 0 Å². The highest BCUT2D eigenvalue weighted by atomic mass is 16.5. The zero-order valence-electron chi connectivity index (χ0n) is 12.9. The van der Waals surface area contributed by atoms with Gasteiger partial charge in [-0.1, -0.05) is 31.2 Å². The van der Waals surface area contributed by atoms with Crippen LogP contribution in [-0.4, -0.2) is 33.0 Å². The fourth-order valence-electron chi connectivity index (χ4n) is 2.73. The van der Waals surface area contributed by atoms with Gasteiger partial charge in [-0.25, -0.2) is 0 Å². The van der Waals surface area contributed by atoms with Crippen molar-refractivity contribution >= 4 is 0 Å². The Morgan fingerprint density at radius 2 is 2.10 bits per heavy atom. The molecule has 3 unspecified atom stereocenters. The number of ether oxygens (including phenoxy) is 2. The third-order valence-corrected chi connectivity index (χ3v) is 4.15. The van der Waals surface area contributed by atoms with Gasteiger partial charge in [-0.15, -0.1) is 0 Å². The van der Waals surface area contributed by atoms with Crippen LogP contribution in [0.15, 0.2) is 24.3 Å². The van der Waals surface area contributed by atoms with Gasteiger partial charge in [-0.2, -0.15) is 0 Å². The second-order valence-electron chi connectivity index (χ2n) is 5.63. The quantitative estimate of drug-likeness (QED) is 0.831. The molecule has 1 aliphatic rings. The lowest BCUT2D eigenvalue weighted by atomic mass is 10.00. The number of aryl methyl sites for hydroxylation is 1. The molecule has 0 aromatic heterocycles. The lowest BCUT2D eigenvalue weighted by Crippen LogP contribution is -2.31. The summed E-state index contributed by atoms with van der Waals surface area (Å²) in [5.41, 5.74) is 2.67. The van der Waals surface area contributed by atoms with Gasteiger partial charge in [0, 0.05) is 12.5 Å². The van der Waals surface area contributed by atoms with Crippen molar-refractivity contribution in [3.63, 3.8) is 0 Å². The molecular formula is C17H27NO2. The molecule has 3 heteroatoms. The Bertz CT molecular complexity index is 384. The molecule has 1 aliphatic heterocycles. The predicted octanol–water partition coefficient (Wildman–Crippen LogP) is 2.95. The maximum Gasteiger partial charge on any atom is 0.0741 e. The van der Waals surface area contributed by atoms with E-state index in [2.05, 4.69) is 43.4 Å². The number of hydrogen-bond acceptors (Lipinski definition) is 3. The van der Waals surface area contributed by atoms with Gasteiger partial charge >= 0.3 is 0 Å². The van der Waals surface area contributed by atoms with Gasteiger partial charge in [-0.05, 0) is 37.9 Å². The molecule has 0 saturated carbocycles. The van der Waals surface area contributed by atoms with Gasteiger partial charge in [0.2, 0.25) is 0 Å². The van der Waals surface area contributed by atoms with Crippen molar-refractivity contribution < 1.29 is 9.47 Å². The molecule has 1 aromatic rings. The third kappa shape index (κ3) is 4.05. The van der Waals surface area contributed by atoms with Gasteiger partial charge in [-0.3, -0.25) is 0 Å². The summed E-state index contributed by atoms with van der Waals surface area (Å²) in [5.74, 6) is 0.567. The molecule has 3 atom stereocenters. The zero-order chi connectivity index (χ0) is 14.4. The highest BCUT2D eigenvalue weighted by Gasteiger charge is 2.21. The Morgan fingerprint density at radius 3 is 2.65 bits per heavy atom. The van der Waals surface area contributed by atoms with E-state index in [-0.39, 0.29) is 12.1 Å². The van der Waals surface area contributed by atoms with Crippen LogP contribution in [0, 0.1) is 5.92 Å². The minimum Gasteiger partial charge on any atom is -0.381 e. The smallest absolute Gasteiger partial charge is 0.0741 e. The molecule has 1 saturated heterocycles. The van der Waals surface area contributed by atoms with Gasteiger partial charge in [0.1, 0.15) is 0 Å². The van der Waals surface area contributed by atoms with Crippen LogP contribution in [0.5, 0.6) is 0 Å². The monoisotopic (exact) mass is 277 g/mol. The van der Waals surface area contributed by atoms with E-state index in [1.54, 1.807) is 0 Å². The maximum atomic E-state index is 6.05. The third-order valence-electron chi connectivity index (χ3n) is 4.15. The zero-order valence-corrected chi connectivity index (χ0v) is 12.9. The number of rotatable bonds is 7. The summed E-state index contributed by atoms with van der Waals surface area (Å²) < 4.78 is 11.4. The SMILES string of the molecule is CCc1ccc(C(NC)C(C)OCC2CCOC2)cc1. The molecule has 20 heavy (non-hydrogen) atoms. The fourth-order valence-corrected chi connectivity index (χ4v) is 2.73. The van der Waals surface area contributed by atoms with Crippen LogP contribution in [0.25, 0.3) is 0 Å². The van der Waals surface area contributed by atoms with Crippen molar-refractivity contribution in [2.24, 2.45) is 5.92 Å². The molecule has 1 N–H and O–H groups in total. The summed E-state index contributed by atoms with van der Waals surface area (Å²) in [6.45, 7) is 6.86. The van der Waals surface area contributed by atoms with Crippen LogP contribution in [0.3, 0.4) is 0 Å². The van der Waals surface area contributed by atoms with Crippen molar-refractivity contribution in [3.05, 3.63) is 35.4 Å². The molecule has 112 valence electrons. The van der Waals surface area contributed by atoms with E-state index >= 15 is 0 Å². The maximum absolute atomic E-state index is 6.05. The summed E-state index contributed by atoms with van der Waals surface area (Å²) in [6.07, 6.45) is 2.37. The van der Waals surface area contributed by atoms with Crippen LogP contribution < -0.4 is 5.32 Å². The van der Waals surface area contributed by atoms with E-state index in [0.29, 0.717) is 5.92 Å². The van der Waals surface area contributed by atoms with Gasteiger partial charge in [0.25, 0.3) is 0 Å². The second-order valence-corrected chi connectivity index (χ2v) is 5.63. The van der Waals surface area contributed by atoms with Gasteiger partial charge in [0.15, 0.2) is 0 Å². The molecule has 3 nitrogen and oxygen atoms in total. The molecule has 1 heterocycles. The van der Waals surface area contributed by atoms with E-state index < -0.39 is 0 Å². The van der Waals surface area contributed by atoms with Crippen LogP contribution in [0.1, 0.15) is 37.4 Å². The standard InChI is InChI=1S/C17H27NO2/c1-4-14-5-7-16(8-6-14)17(18-3)13(2)20-12-15-9-10-19-11-15/h5-8,13,15,17-18H,4,9-12H2,1-3H3. The van der Waals surface area contributed by atoms with Gasteiger partial charge < -0.3 is 14.8 Å². The normalized spacial score (nSPS) is 21.9. The minimum atomic E-state index is 0.160. The van der Waals surface area contributed by atoms with Crippen molar-refractivity contribution in [3.8, 4) is 0 Å². The van der Waals surface area contributed by atoms with Crippen molar-refractivity contribution in [1.82, 2.24) is 5.32 Å². The molecule has 2 rings (SSSR count). The molecule has 0 radical (unpaired) electrons. The highest BCUT2D eigenvalue weighted by Crippen LogP contribution is 2.21. The first-order valence-electron chi connectivity index (χ1n) is 7.70. The van der Waals surface area contributed by atoms with E-state index in [9.17, 15) is 0 Å². The Balaban J connectivity index is 1.91. The molecule has 1 fully saturated rings. The Hall–Kier alpha value is -0.900. The Labute approximate surface area is 122 Å². The summed E-state index contributed by atoms with van der Waals surface area (Å²) in [7, 11) is 2.00. The van der Waals surface area contributed by atoms with Gasteiger partial charge in [0.05, 0.1) is 25.4 Å². The summed E-state index contributed by atoms with van der Waals surface area (Å²) in [4.78, 5) is 0. The topological polar surface area (TPSA) is 30.5 Å². The number of hydrogen-bond donors (Lipinski definition) is 1. The second kappa shape index (κ2) is 7.77. The molecule has 0 spiro atoms. The lowest BCUT2D eigenvalue weighted by Gasteiger charge is -2.25. The minimum absolute atomic E-state index is 0.160. The van der Waals surface area contributed by atoms with Crippen molar-refractivity contribution in [2.45, 2.75) is 38.8 Å². The summed E-state index contributed by atoms with van der Waals surface area (Å²) in [6, 6.07) is 9.06. The Morgan fingerprint density at radius 1 is 1.35 bits per heavy atom. The molecule has 1 aromatic carbocycles. The first-order chi connectivity index (χ1) is 9.74. The molecule has 0 aliphatic carbocycles. The van der Waals surface area contributed by atoms with Crippen LogP contribution in [0.4, 0.5) is 0 Å². The van der Waals surface area contributed by atoms with Crippen molar-refractivity contribution in [2.75, 3.05) is 26.9 Å². The van der Waals surface area contributed by atoms with Crippen LogP contribution in [0.2, 0.25) is 0 Å². The summed E-state index contributed by atoms with van der Waals surface area (Å²) in [5, 5.41) is 3.37. The van der Waals surface area contributed by atoms with Crippen molar-refractivity contribution in [1.29, 1.82) is 0 Å². The number of nitrogens with one attached hydrogen (secondary N) is 1. The predicted molar refractivity (Wildman–Crippen MR) is 82.0 cm³/mol.